The molecule has 2 unspecified atom stereocenters. The van der Waals surface area contributed by atoms with Gasteiger partial charge in [0.25, 0.3) is 0 Å². The molecule has 0 amide bonds. The third kappa shape index (κ3) is 1.95. The lowest BCUT2D eigenvalue weighted by atomic mass is 9.84. The number of fused-ring (bicyclic) bond motifs is 2. The molecule has 0 aliphatic carbocycles. The summed E-state index contributed by atoms with van der Waals surface area (Å²) < 4.78 is 29.7. The van der Waals surface area contributed by atoms with Crippen molar-refractivity contribution in [2.45, 2.75) is 48.7 Å². The second kappa shape index (κ2) is 4.46. The fraction of sp³-hybridized carbons (Fsp3) is 0.600. The molecule has 5 heteroatoms. The predicted octanol–water partition coefficient (Wildman–Crippen LogP) is 1.93. The van der Waals surface area contributed by atoms with E-state index in [0.717, 1.165) is 11.1 Å². The van der Waals surface area contributed by atoms with Crippen molar-refractivity contribution in [1.29, 1.82) is 0 Å². The Kier molecular flexibility index (Phi) is 3.10. The lowest BCUT2D eigenvalue weighted by molar-refractivity contribution is 0.0151. The third-order valence-corrected chi connectivity index (χ3v) is 7.39. The number of rotatable bonds is 2. The van der Waals surface area contributed by atoms with E-state index in [-0.39, 0.29) is 12.8 Å². The molecule has 2 bridgehead atoms. The molecule has 4 nitrogen and oxygen atoms in total. The van der Waals surface area contributed by atoms with Crippen LogP contribution in [0.25, 0.3) is 0 Å². The standard InChI is InChI=1S/C15H20O4S/c1-10-3-6-14(19-2)13(7-10)15(16)8-11-4-5-12(9-15)20(11,17)18/h3,6-7,11-12,16H,4-5,8-9H2,1-2H3. The number of ether oxygens (including phenoxy) is 1. The number of aryl methyl sites for hydroxylation is 1. The summed E-state index contributed by atoms with van der Waals surface area (Å²) in [6, 6.07) is 5.68. The fourth-order valence-corrected chi connectivity index (χ4v) is 6.14. The van der Waals surface area contributed by atoms with E-state index in [1.165, 1.54) is 0 Å². The van der Waals surface area contributed by atoms with E-state index in [1.807, 2.05) is 25.1 Å². The first-order valence-electron chi connectivity index (χ1n) is 6.97. The maximum Gasteiger partial charge on any atom is 0.156 e. The average molecular weight is 296 g/mol. The molecule has 2 saturated heterocycles. The van der Waals surface area contributed by atoms with Crippen LogP contribution in [-0.4, -0.2) is 31.1 Å². The van der Waals surface area contributed by atoms with E-state index in [1.54, 1.807) is 7.11 Å². The molecule has 0 radical (unpaired) electrons. The highest BCUT2D eigenvalue weighted by Crippen LogP contribution is 2.49. The largest absolute Gasteiger partial charge is 0.496 e. The van der Waals surface area contributed by atoms with Crippen molar-refractivity contribution in [3.05, 3.63) is 29.3 Å². The molecular formula is C15H20O4S. The monoisotopic (exact) mass is 296 g/mol. The van der Waals surface area contributed by atoms with Crippen molar-refractivity contribution < 1.29 is 18.3 Å². The highest BCUT2D eigenvalue weighted by atomic mass is 32.2. The number of aliphatic hydroxyl groups is 1. The SMILES string of the molecule is COc1ccc(C)cc1C1(O)CC2CCC(C1)S2(=O)=O. The smallest absolute Gasteiger partial charge is 0.156 e. The summed E-state index contributed by atoms with van der Waals surface area (Å²) in [6.45, 7) is 1.96. The van der Waals surface area contributed by atoms with Gasteiger partial charge in [-0.15, -0.1) is 0 Å². The van der Waals surface area contributed by atoms with E-state index < -0.39 is 25.9 Å². The second-order valence-electron chi connectivity index (χ2n) is 6.05. The maximum absolute atomic E-state index is 12.2. The minimum absolute atomic E-state index is 0.283. The minimum atomic E-state index is -3.04. The normalized spacial score (nSPS) is 35.0. The van der Waals surface area contributed by atoms with Crippen LogP contribution < -0.4 is 4.74 Å². The van der Waals surface area contributed by atoms with Crippen LogP contribution in [0.15, 0.2) is 18.2 Å². The first-order chi connectivity index (χ1) is 9.37. The quantitative estimate of drug-likeness (QED) is 0.906. The summed E-state index contributed by atoms with van der Waals surface area (Å²) in [4.78, 5) is 0. The topological polar surface area (TPSA) is 63.6 Å². The van der Waals surface area contributed by atoms with Crippen molar-refractivity contribution >= 4 is 9.84 Å². The zero-order chi connectivity index (χ0) is 14.5. The summed E-state index contributed by atoms with van der Waals surface area (Å²) in [7, 11) is -1.46. The molecule has 2 fully saturated rings. The van der Waals surface area contributed by atoms with E-state index >= 15 is 0 Å². The highest BCUT2D eigenvalue weighted by molar-refractivity contribution is 7.93. The minimum Gasteiger partial charge on any atom is -0.496 e. The van der Waals surface area contributed by atoms with Gasteiger partial charge in [0, 0.05) is 5.56 Å². The molecule has 3 rings (SSSR count). The van der Waals surface area contributed by atoms with Gasteiger partial charge in [0.05, 0.1) is 23.2 Å². The number of hydrogen-bond acceptors (Lipinski definition) is 4. The Morgan fingerprint density at radius 1 is 1.25 bits per heavy atom. The van der Waals surface area contributed by atoms with E-state index in [9.17, 15) is 13.5 Å². The maximum atomic E-state index is 12.2. The van der Waals surface area contributed by atoms with Crippen molar-refractivity contribution in [2.24, 2.45) is 0 Å². The second-order valence-corrected chi connectivity index (χ2v) is 8.57. The molecule has 0 spiro atoms. The third-order valence-electron chi connectivity index (χ3n) is 4.73. The van der Waals surface area contributed by atoms with Gasteiger partial charge >= 0.3 is 0 Å². The molecule has 0 saturated carbocycles. The summed E-state index contributed by atoms with van der Waals surface area (Å²) >= 11 is 0. The van der Waals surface area contributed by atoms with Crippen molar-refractivity contribution in [3.8, 4) is 5.75 Å². The van der Waals surface area contributed by atoms with Crippen LogP contribution in [0.4, 0.5) is 0 Å². The number of methoxy groups -OCH3 is 1. The van der Waals surface area contributed by atoms with Crippen molar-refractivity contribution in [2.75, 3.05) is 7.11 Å². The Hall–Kier alpha value is -1.07. The zero-order valence-corrected chi connectivity index (χ0v) is 12.6. The Bertz CT molecular complexity index is 615. The molecule has 1 aromatic carbocycles. The fourth-order valence-electron chi connectivity index (χ4n) is 3.65. The molecule has 0 aromatic heterocycles. The Balaban J connectivity index is 2.05. The number of sulfone groups is 1. The first kappa shape index (κ1) is 13.9. The molecule has 2 atom stereocenters. The van der Waals surface area contributed by atoms with Crippen LogP contribution in [0.2, 0.25) is 0 Å². The molecule has 20 heavy (non-hydrogen) atoms. The molecule has 2 aliphatic rings. The molecule has 2 aliphatic heterocycles. The Labute approximate surface area is 119 Å². The molecule has 110 valence electrons. The van der Waals surface area contributed by atoms with Gasteiger partial charge in [0.15, 0.2) is 9.84 Å². The molecule has 1 N–H and O–H groups in total. The lowest BCUT2D eigenvalue weighted by Gasteiger charge is -2.37. The highest BCUT2D eigenvalue weighted by Gasteiger charge is 2.53. The summed E-state index contributed by atoms with van der Waals surface area (Å²) in [5, 5.41) is 10.2. The van der Waals surface area contributed by atoms with E-state index in [2.05, 4.69) is 0 Å². The zero-order valence-electron chi connectivity index (χ0n) is 11.8. The molecule has 1 aromatic rings. The van der Waals surface area contributed by atoms with Gasteiger partial charge in [-0.3, -0.25) is 0 Å². The van der Waals surface area contributed by atoms with Gasteiger partial charge in [0.2, 0.25) is 0 Å². The summed E-state index contributed by atoms with van der Waals surface area (Å²) in [5.74, 6) is 0.636. The number of benzene rings is 1. The predicted molar refractivity (Wildman–Crippen MR) is 76.6 cm³/mol. The average Bonchev–Trinajstić information content (AvgIpc) is 2.59. The van der Waals surface area contributed by atoms with Crippen LogP contribution in [-0.2, 0) is 15.4 Å². The summed E-state index contributed by atoms with van der Waals surface area (Å²) in [6.07, 6.45) is 1.91. The first-order valence-corrected chi connectivity index (χ1v) is 8.58. The van der Waals surface area contributed by atoms with Crippen LogP contribution in [0.5, 0.6) is 5.75 Å². The molecule has 2 heterocycles. The van der Waals surface area contributed by atoms with E-state index in [0.29, 0.717) is 18.6 Å². The number of hydrogen-bond donors (Lipinski definition) is 1. The van der Waals surface area contributed by atoms with Crippen LogP contribution in [0.1, 0.15) is 36.8 Å². The summed E-state index contributed by atoms with van der Waals surface area (Å²) in [5.41, 5.74) is 0.677. The van der Waals surface area contributed by atoms with Gasteiger partial charge < -0.3 is 9.84 Å². The lowest BCUT2D eigenvalue weighted by Crippen LogP contribution is -2.43. The Morgan fingerprint density at radius 3 is 2.40 bits per heavy atom. The van der Waals surface area contributed by atoms with Gasteiger partial charge in [-0.05, 0) is 44.7 Å². The van der Waals surface area contributed by atoms with Crippen molar-refractivity contribution in [1.82, 2.24) is 0 Å². The Morgan fingerprint density at radius 2 is 1.85 bits per heavy atom. The van der Waals surface area contributed by atoms with Crippen LogP contribution in [0, 0.1) is 6.92 Å². The van der Waals surface area contributed by atoms with Gasteiger partial charge in [-0.25, -0.2) is 8.42 Å². The van der Waals surface area contributed by atoms with Gasteiger partial charge in [-0.1, -0.05) is 11.6 Å². The van der Waals surface area contributed by atoms with Crippen molar-refractivity contribution in [3.63, 3.8) is 0 Å². The molecular weight excluding hydrogens is 276 g/mol. The van der Waals surface area contributed by atoms with E-state index in [4.69, 9.17) is 4.74 Å². The van der Waals surface area contributed by atoms with Gasteiger partial charge in [0.1, 0.15) is 5.75 Å². The van der Waals surface area contributed by atoms with Gasteiger partial charge in [-0.2, -0.15) is 0 Å². The van der Waals surface area contributed by atoms with Crippen LogP contribution in [0.3, 0.4) is 0 Å². The van der Waals surface area contributed by atoms with Crippen LogP contribution >= 0.6 is 0 Å².